The number of aryl methyl sites for hydroxylation is 4. The van der Waals surface area contributed by atoms with Gasteiger partial charge in [0.25, 0.3) is 0 Å². The van der Waals surface area contributed by atoms with Gasteiger partial charge in [0, 0.05) is 18.8 Å². The summed E-state index contributed by atoms with van der Waals surface area (Å²) in [5.74, 6) is 0. The molecule has 0 radical (unpaired) electrons. The standard InChI is InChI=1S/C16H23N3/c1-11-8-12(2)15(13(3)9-11)16-14(6-7-17-4)10-19(5)18-16/h8-10,17H,6-7H2,1-5H3. The minimum atomic E-state index is 0.975. The van der Waals surface area contributed by atoms with Gasteiger partial charge in [0.2, 0.25) is 0 Å². The van der Waals surface area contributed by atoms with Crippen LogP contribution in [0.5, 0.6) is 0 Å². The number of rotatable bonds is 4. The Labute approximate surface area is 115 Å². The molecule has 0 fully saturated rings. The van der Waals surface area contributed by atoms with E-state index in [0.29, 0.717) is 0 Å². The molecule has 0 amide bonds. The van der Waals surface area contributed by atoms with Crippen LogP contribution in [0.4, 0.5) is 0 Å². The zero-order valence-electron chi connectivity index (χ0n) is 12.5. The Hall–Kier alpha value is -1.61. The monoisotopic (exact) mass is 257 g/mol. The Morgan fingerprint density at radius 3 is 2.37 bits per heavy atom. The summed E-state index contributed by atoms with van der Waals surface area (Å²) in [5, 5.41) is 7.88. The normalized spacial score (nSPS) is 11.0. The molecule has 0 bridgehead atoms. The second-order valence-electron chi connectivity index (χ2n) is 5.30. The Balaban J connectivity index is 2.52. The first kappa shape index (κ1) is 13.8. The van der Waals surface area contributed by atoms with Crippen molar-refractivity contribution >= 4 is 0 Å². The molecular weight excluding hydrogens is 234 g/mol. The lowest BCUT2D eigenvalue weighted by Gasteiger charge is -2.11. The average Bonchev–Trinajstić information content (AvgIpc) is 2.66. The van der Waals surface area contributed by atoms with Crippen molar-refractivity contribution in [2.75, 3.05) is 13.6 Å². The second kappa shape index (κ2) is 5.57. The Bertz CT molecular complexity index is 559. The molecule has 1 heterocycles. The van der Waals surface area contributed by atoms with Crippen LogP contribution in [0.1, 0.15) is 22.3 Å². The molecule has 0 aliphatic heterocycles. The third kappa shape index (κ3) is 2.87. The molecule has 3 heteroatoms. The van der Waals surface area contributed by atoms with Crippen LogP contribution < -0.4 is 5.32 Å². The van der Waals surface area contributed by atoms with E-state index < -0.39 is 0 Å². The Kier molecular flexibility index (Phi) is 4.05. The fourth-order valence-corrected chi connectivity index (χ4v) is 2.74. The molecule has 0 saturated carbocycles. The average molecular weight is 257 g/mol. The molecule has 1 aromatic carbocycles. The molecule has 1 N–H and O–H groups in total. The van der Waals surface area contributed by atoms with Crippen LogP contribution in [0.2, 0.25) is 0 Å². The van der Waals surface area contributed by atoms with Gasteiger partial charge in [0.15, 0.2) is 0 Å². The quantitative estimate of drug-likeness (QED) is 0.912. The highest BCUT2D eigenvalue weighted by atomic mass is 15.3. The van der Waals surface area contributed by atoms with Gasteiger partial charge in [0.1, 0.15) is 0 Å². The number of hydrogen-bond donors (Lipinski definition) is 1. The molecule has 0 spiro atoms. The summed E-state index contributed by atoms with van der Waals surface area (Å²) in [5.41, 5.74) is 7.66. The van der Waals surface area contributed by atoms with Crippen LogP contribution in [0.25, 0.3) is 11.3 Å². The maximum Gasteiger partial charge on any atom is 0.0960 e. The third-order valence-corrected chi connectivity index (χ3v) is 3.46. The second-order valence-corrected chi connectivity index (χ2v) is 5.30. The molecule has 3 nitrogen and oxygen atoms in total. The molecule has 19 heavy (non-hydrogen) atoms. The largest absolute Gasteiger partial charge is 0.319 e. The van der Waals surface area contributed by atoms with Crippen molar-refractivity contribution in [3.05, 3.63) is 40.6 Å². The Morgan fingerprint density at radius 1 is 1.16 bits per heavy atom. The maximum absolute atomic E-state index is 4.67. The lowest BCUT2D eigenvalue weighted by Crippen LogP contribution is -2.10. The number of aromatic nitrogens is 2. The highest BCUT2D eigenvalue weighted by Gasteiger charge is 2.14. The lowest BCUT2D eigenvalue weighted by atomic mass is 9.95. The van der Waals surface area contributed by atoms with Crippen molar-refractivity contribution in [2.24, 2.45) is 7.05 Å². The van der Waals surface area contributed by atoms with Crippen LogP contribution in [-0.2, 0) is 13.5 Å². The van der Waals surface area contributed by atoms with E-state index in [1.165, 1.54) is 27.8 Å². The molecule has 0 saturated heterocycles. The van der Waals surface area contributed by atoms with E-state index >= 15 is 0 Å². The summed E-state index contributed by atoms with van der Waals surface area (Å²) in [6.07, 6.45) is 3.14. The number of likely N-dealkylation sites (N-methyl/N-ethyl adjacent to an activating group) is 1. The molecule has 2 aromatic rings. The summed E-state index contributed by atoms with van der Waals surface area (Å²) in [6, 6.07) is 4.47. The van der Waals surface area contributed by atoms with E-state index in [-0.39, 0.29) is 0 Å². The molecule has 0 aliphatic carbocycles. The van der Waals surface area contributed by atoms with E-state index in [4.69, 9.17) is 0 Å². The van der Waals surface area contributed by atoms with Crippen molar-refractivity contribution in [2.45, 2.75) is 27.2 Å². The van der Waals surface area contributed by atoms with Crippen molar-refractivity contribution in [3.8, 4) is 11.3 Å². The minimum Gasteiger partial charge on any atom is -0.319 e. The highest BCUT2D eigenvalue weighted by molar-refractivity contribution is 5.70. The first-order valence-electron chi connectivity index (χ1n) is 6.78. The molecule has 0 atom stereocenters. The van der Waals surface area contributed by atoms with E-state index in [0.717, 1.165) is 18.7 Å². The van der Waals surface area contributed by atoms with Crippen molar-refractivity contribution < 1.29 is 0 Å². The van der Waals surface area contributed by atoms with Gasteiger partial charge >= 0.3 is 0 Å². The fraction of sp³-hybridized carbons (Fsp3) is 0.438. The predicted molar refractivity (Wildman–Crippen MR) is 80.5 cm³/mol. The summed E-state index contributed by atoms with van der Waals surface area (Å²) in [4.78, 5) is 0. The number of benzene rings is 1. The summed E-state index contributed by atoms with van der Waals surface area (Å²) in [7, 11) is 3.98. The molecule has 1 aromatic heterocycles. The SMILES string of the molecule is CNCCc1cn(C)nc1-c1c(C)cc(C)cc1C. The highest BCUT2D eigenvalue weighted by Crippen LogP contribution is 2.29. The van der Waals surface area contributed by atoms with E-state index in [1.807, 2.05) is 18.8 Å². The topological polar surface area (TPSA) is 29.9 Å². The van der Waals surface area contributed by atoms with E-state index in [9.17, 15) is 0 Å². The summed E-state index contributed by atoms with van der Waals surface area (Å²) in [6.45, 7) is 7.46. The predicted octanol–water partition coefficient (Wildman–Crippen LogP) is 2.77. The first-order chi connectivity index (χ1) is 9.02. The zero-order chi connectivity index (χ0) is 14.0. The first-order valence-corrected chi connectivity index (χ1v) is 6.78. The minimum absolute atomic E-state index is 0.975. The summed E-state index contributed by atoms with van der Waals surface area (Å²) < 4.78 is 1.92. The summed E-state index contributed by atoms with van der Waals surface area (Å²) >= 11 is 0. The van der Waals surface area contributed by atoms with Crippen LogP contribution in [0, 0.1) is 20.8 Å². The molecular formula is C16H23N3. The van der Waals surface area contributed by atoms with Gasteiger partial charge in [-0.15, -0.1) is 0 Å². The van der Waals surface area contributed by atoms with Crippen LogP contribution in [0.3, 0.4) is 0 Å². The molecule has 2 rings (SSSR count). The van der Waals surface area contributed by atoms with Gasteiger partial charge in [0.05, 0.1) is 5.69 Å². The van der Waals surface area contributed by atoms with Crippen LogP contribution >= 0.6 is 0 Å². The van der Waals surface area contributed by atoms with E-state index in [2.05, 4.69) is 49.5 Å². The lowest BCUT2D eigenvalue weighted by molar-refractivity contribution is 0.764. The van der Waals surface area contributed by atoms with Crippen molar-refractivity contribution in [1.29, 1.82) is 0 Å². The van der Waals surface area contributed by atoms with Crippen molar-refractivity contribution in [1.82, 2.24) is 15.1 Å². The van der Waals surface area contributed by atoms with Gasteiger partial charge in [-0.05, 0) is 57.5 Å². The van der Waals surface area contributed by atoms with Crippen molar-refractivity contribution in [3.63, 3.8) is 0 Å². The maximum atomic E-state index is 4.67. The number of nitrogens with zero attached hydrogens (tertiary/aromatic N) is 2. The number of hydrogen-bond acceptors (Lipinski definition) is 2. The fourth-order valence-electron chi connectivity index (χ4n) is 2.74. The smallest absolute Gasteiger partial charge is 0.0960 e. The number of nitrogens with one attached hydrogen (secondary N) is 1. The molecule has 0 unspecified atom stereocenters. The molecule has 0 aliphatic rings. The third-order valence-electron chi connectivity index (χ3n) is 3.46. The zero-order valence-corrected chi connectivity index (χ0v) is 12.5. The van der Waals surface area contributed by atoms with Gasteiger partial charge in [-0.25, -0.2) is 0 Å². The van der Waals surface area contributed by atoms with Gasteiger partial charge in [-0.3, -0.25) is 4.68 Å². The van der Waals surface area contributed by atoms with Crippen LogP contribution in [-0.4, -0.2) is 23.4 Å². The van der Waals surface area contributed by atoms with E-state index in [1.54, 1.807) is 0 Å². The molecule has 102 valence electrons. The Morgan fingerprint density at radius 2 is 1.79 bits per heavy atom. The van der Waals surface area contributed by atoms with Gasteiger partial charge < -0.3 is 5.32 Å². The van der Waals surface area contributed by atoms with Gasteiger partial charge in [-0.1, -0.05) is 17.7 Å². The van der Waals surface area contributed by atoms with Gasteiger partial charge in [-0.2, -0.15) is 5.10 Å². The van der Waals surface area contributed by atoms with Crippen LogP contribution in [0.15, 0.2) is 18.3 Å².